The number of hydrogen-bond acceptors (Lipinski definition) is 3. The Morgan fingerprint density at radius 3 is 2.57 bits per heavy atom. The standard InChI is InChI=1S/C13H18ClN3O2S2/c1-9(2)8-15-13(20)16-10-5-6-11(14)12(7-10)21(18,19)17(3)4/h5-7H,1,8H2,2-4H3,(H2,15,16,20). The van der Waals surface area contributed by atoms with Gasteiger partial charge in [-0.1, -0.05) is 23.8 Å². The van der Waals surface area contributed by atoms with Gasteiger partial charge < -0.3 is 10.6 Å². The first-order valence-corrected chi connectivity index (χ1v) is 8.28. The van der Waals surface area contributed by atoms with Crippen molar-refractivity contribution in [2.75, 3.05) is 26.0 Å². The van der Waals surface area contributed by atoms with Crippen LogP contribution in [0.3, 0.4) is 0 Å². The number of nitrogens with one attached hydrogen (secondary N) is 2. The van der Waals surface area contributed by atoms with Crippen molar-refractivity contribution in [1.29, 1.82) is 0 Å². The van der Waals surface area contributed by atoms with E-state index in [0.29, 0.717) is 17.3 Å². The Balaban J connectivity index is 2.98. The summed E-state index contributed by atoms with van der Waals surface area (Å²) >= 11 is 11.1. The van der Waals surface area contributed by atoms with E-state index in [9.17, 15) is 8.42 Å². The molecule has 0 amide bonds. The average molecular weight is 348 g/mol. The minimum Gasteiger partial charge on any atom is -0.359 e. The summed E-state index contributed by atoms with van der Waals surface area (Å²) in [5, 5.41) is 6.41. The summed E-state index contributed by atoms with van der Waals surface area (Å²) in [6.45, 7) is 6.18. The van der Waals surface area contributed by atoms with Gasteiger partial charge in [0.1, 0.15) is 4.90 Å². The molecule has 0 saturated heterocycles. The van der Waals surface area contributed by atoms with Crippen molar-refractivity contribution in [2.24, 2.45) is 0 Å². The second kappa shape index (κ2) is 7.22. The Kier molecular flexibility index (Phi) is 6.15. The van der Waals surface area contributed by atoms with Crippen LogP contribution in [0.1, 0.15) is 6.92 Å². The minimum absolute atomic E-state index is 0.0295. The van der Waals surface area contributed by atoms with E-state index in [4.69, 9.17) is 23.8 Å². The molecule has 21 heavy (non-hydrogen) atoms. The molecule has 8 heteroatoms. The van der Waals surface area contributed by atoms with Crippen LogP contribution in [0, 0.1) is 0 Å². The molecule has 0 radical (unpaired) electrons. The van der Waals surface area contributed by atoms with E-state index in [2.05, 4.69) is 17.2 Å². The predicted octanol–water partition coefficient (Wildman–Crippen LogP) is 2.45. The maximum absolute atomic E-state index is 12.2. The molecule has 116 valence electrons. The fraction of sp³-hybridized carbons (Fsp3) is 0.308. The van der Waals surface area contributed by atoms with Crippen molar-refractivity contribution < 1.29 is 8.42 Å². The van der Waals surface area contributed by atoms with Crippen LogP contribution in [-0.4, -0.2) is 38.5 Å². The third-order valence-electron chi connectivity index (χ3n) is 2.50. The Bertz CT molecular complexity index is 657. The minimum atomic E-state index is -3.61. The van der Waals surface area contributed by atoms with Gasteiger partial charge in [0, 0.05) is 26.3 Å². The largest absolute Gasteiger partial charge is 0.359 e. The van der Waals surface area contributed by atoms with Gasteiger partial charge in [0.25, 0.3) is 0 Å². The van der Waals surface area contributed by atoms with Crippen molar-refractivity contribution in [2.45, 2.75) is 11.8 Å². The van der Waals surface area contributed by atoms with Crippen LogP contribution in [-0.2, 0) is 10.0 Å². The lowest BCUT2D eigenvalue weighted by Gasteiger charge is -2.15. The second-order valence-corrected chi connectivity index (χ2v) is 7.63. The van der Waals surface area contributed by atoms with Gasteiger partial charge >= 0.3 is 0 Å². The number of nitrogens with zero attached hydrogens (tertiary/aromatic N) is 1. The van der Waals surface area contributed by atoms with E-state index in [1.807, 2.05) is 6.92 Å². The zero-order valence-electron chi connectivity index (χ0n) is 12.1. The summed E-state index contributed by atoms with van der Waals surface area (Å²) in [5.74, 6) is 0. The number of hydrogen-bond donors (Lipinski definition) is 2. The maximum atomic E-state index is 12.2. The molecule has 1 rings (SSSR count). The molecule has 0 spiro atoms. The first-order valence-electron chi connectivity index (χ1n) is 6.06. The SMILES string of the molecule is C=C(C)CNC(=S)Nc1ccc(Cl)c(S(=O)(=O)N(C)C)c1. The Morgan fingerprint density at radius 2 is 2.05 bits per heavy atom. The average Bonchev–Trinajstić information content (AvgIpc) is 2.38. The molecule has 0 bridgehead atoms. The summed E-state index contributed by atoms with van der Waals surface area (Å²) in [4.78, 5) is 0.0295. The van der Waals surface area contributed by atoms with Gasteiger partial charge in [-0.3, -0.25) is 0 Å². The molecule has 1 aromatic rings. The first-order chi connectivity index (χ1) is 9.64. The molecule has 0 unspecified atom stereocenters. The van der Waals surface area contributed by atoms with Gasteiger partial charge in [0.2, 0.25) is 10.0 Å². The summed E-state index contributed by atoms with van der Waals surface area (Å²) in [5.41, 5.74) is 1.48. The Morgan fingerprint density at radius 1 is 1.43 bits per heavy atom. The lowest BCUT2D eigenvalue weighted by Crippen LogP contribution is -2.29. The summed E-state index contributed by atoms with van der Waals surface area (Å²) in [7, 11) is -0.710. The highest BCUT2D eigenvalue weighted by molar-refractivity contribution is 7.89. The summed E-state index contributed by atoms with van der Waals surface area (Å²) < 4.78 is 25.4. The Hall–Kier alpha value is -1.15. The smallest absolute Gasteiger partial charge is 0.244 e. The molecule has 0 fully saturated rings. The van der Waals surface area contributed by atoms with Gasteiger partial charge in [0.05, 0.1) is 5.02 Å². The van der Waals surface area contributed by atoms with Gasteiger partial charge in [-0.05, 0) is 37.3 Å². The zero-order valence-corrected chi connectivity index (χ0v) is 14.5. The molecule has 1 aromatic carbocycles. The van der Waals surface area contributed by atoms with Gasteiger partial charge in [-0.25, -0.2) is 12.7 Å². The van der Waals surface area contributed by atoms with E-state index in [0.717, 1.165) is 9.88 Å². The molecule has 0 aliphatic heterocycles. The van der Waals surface area contributed by atoms with Crippen LogP contribution in [0.15, 0.2) is 35.2 Å². The highest BCUT2D eigenvalue weighted by atomic mass is 35.5. The molecule has 2 N–H and O–H groups in total. The van der Waals surface area contributed by atoms with Crippen LogP contribution in [0.5, 0.6) is 0 Å². The fourth-order valence-corrected chi connectivity index (χ4v) is 2.97. The third-order valence-corrected chi connectivity index (χ3v) is 5.04. The number of benzene rings is 1. The van der Waals surface area contributed by atoms with Crippen LogP contribution in [0.2, 0.25) is 5.02 Å². The predicted molar refractivity (Wildman–Crippen MR) is 91.4 cm³/mol. The summed E-state index contributed by atoms with van der Waals surface area (Å²) in [6, 6.07) is 4.62. The van der Waals surface area contributed by atoms with Crippen molar-refractivity contribution in [3.8, 4) is 0 Å². The quantitative estimate of drug-likeness (QED) is 0.633. The molecule has 0 saturated carbocycles. The van der Waals surface area contributed by atoms with Crippen molar-refractivity contribution in [3.05, 3.63) is 35.4 Å². The van der Waals surface area contributed by atoms with E-state index < -0.39 is 10.0 Å². The molecule has 0 heterocycles. The zero-order chi connectivity index (χ0) is 16.2. The molecular formula is C13H18ClN3O2S2. The molecule has 5 nitrogen and oxygen atoms in total. The normalized spacial score (nSPS) is 11.3. The van der Waals surface area contributed by atoms with Crippen LogP contribution in [0.25, 0.3) is 0 Å². The topological polar surface area (TPSA) is 61.4 Å². The lowest BCUT2D eigenvalue weighted by atomic mass is 10.3. The number of rotatable bonds is 5. The van der Waals surface area contributed by atoms with E-state index in [1.54, 1.807) is 6.07 Å². The van der Waals surface area contributed by atoms with Crippen LogP contribution < -0.4 is 10.6 Å². The monoisotopic (exact) mass is 347 g/mol. The molecule has 0 aliphatic rings. The van der Waals surface area contributed by atoms with E-state index >= 15 is 0 Å². The second-order valence-electron chi connectivity index (χ2n) is 4.70. The highest BCUT2D eigenvalue weighted by Gasteiger charge is 2.21. The third kappa shape index (κ3) is 4.96. The van der Waals surface area contributed by atoms with Gasteiger partial charge in [-0.2, -0.15) is 0 Å². The number of halogens is 1. The van der Waals surface area contributed by atoms with Crippen molar-refractivity contribution >= 4 is 44.6 Å². The number of anilines is 1. The van der Waals surface area contributed by atoms with Gasteiger partial charge in [0.15, 0.2) is 5.11 Å². The number of sulfonamides is 1. The molecule has 0 aliphatic carbocycles. The van der Waals surface area contributed by atoms with Crippen LogP contribution >= 0.6 is 23.8 Å². The summed E-state index contributed by atoms with van der Waals surface area (Å²) in [6.07, 6.45) is 0. The maximum Gasteiger partial charge on any atom is 0.244 e. The van der Waals surface area contributed by atoms with Gasteiger partial charge in [-0.15, -0.1) is 0 Å². The highest BCUT2D eigenvalue weighted by Crippen LogP contribution is 2.26. The van der Waals surface area contributed by atoms with E-state index in [-0.39, 0.29) is 9.92 Å². The molecule has 0 aromatic heterocycles. The lowest BCUT2D eigenvalue weighted by molar-refractivity contribution is 0.521. The molecule has 0 atom stereocenters. The first kappa shape index (κ1) is 17.9. The van der Waals surface area contributed by atoms with Crippen molar-refractivity contribution in [1.82, 2.24) is 9.62 Å². The van der Waals surface area contributed by atoms with Crippen molar-refractivity contribution in [3.63, 3.8) is 0 Å². The van der Waals surface area contributed by atoms with E-state index in [1.165, 1.54) is 26.2 Å². The Labute approximate surface area is 136 Å². The molecular weight excluding hydrogens is 330 g/mol. The number of thiocarbonyl (C=S) groups is 1. The fourth-order valence-electron chi connectivity index (χ4n) is 1.38. The van der Waals surface area contributed by atoms with Crippen LogP contribution in [0.4, 0.5) is 5.69 Å².